The maximum absolute atomic E-state index is 11.7. The van der Waals surface area contributed by atoms with Crippen LogP contribution in [0.5, 0.6) is 5.75 Å². The number of nitrogens with zero attached hydrogens (tertiary/aromatic N) is 2. The van der Waals surface area contributed by atoms with Crippen molar-refractivity contribution in [3.63, 3.8) is 0 Å². The second kappa shape index (κ2) is 10.1. The van der Waals surface area contributed by atoms with Crippen LogP contribution in [-0.4, -0.2) is 19.2 Å². The average Bonchev–Trinajstić information content (AvgIpc) is 2.56. The predicted molar refractivity (Wildman–Crippen MR) is 85.3 cm³/mol. The van der Waals surface area contributed by atoms with Gasteiger partial charge in [0.2, 0.25) is 6.54 Å². The second-order valence-corrected chi connectivity index (χ2v) is 4.46. The minimum atomic E-state index is -0.182. The molecule has 0 aliphatic carbocycles. The number of amides is 1. The Balaban J connectivity index is 0.00000264. The molecule has 0 unspecified atom stereocenters. The number of hydrogen-bond acceptors (Lipinski definition) is 3. The maximum Gasteiger partial charge on any atom is 0.305 e. The minimum Gasteiger partial charge on any atom is -1.00 e. The molecule has 23 heavy (non-hydrogen) atoms. The lowest BCUT2D eigenvalue weighted by atomic mass is 10.2. The maximum atomic E-state index is 11.7. The van der Waals surface area contributed by atoms with E-state index in [4.69, 9.17) is 4.74 Å². The molecule has 0 aliphatic heterocycles. The van der Waals surface area contributed by atoms with Crippen molar-refractivity contribution in [3.05, 3.63) is 66.5 Å². The van der Waals surface area contributed by atoms with E-state index in [-0.39, 0.29) is 24.9 Å². The van der Waals surface area contributed by atoms with Crippen LogP contribution < -0.4 is 27.1 Å². The zero-order chi connectivity index (χ0) is 15.6. The van der Waals surface area contributed by atoms with E-state index in [2.05, 4.69) is 10.5 Å². The van der Waals surface area contributed by atoms with Crippen molar-refractivity contribution in [1.82, 2.24) is 5.43 Å². The Morgan fingerprint density at radius 3 is 2.70 bits per heavy atom. The van der Waals surface area contributed by atoms with Gasteiger partial charge in [-0.1, -0.05) is 24.3 Å². The number of para-hydroxylation sites is 1. The number of aromatic nitrogens is 1. The summed E-state index contributed by atoms with van der Waals surface area (Å²) >= 11 is 0. The highest BCUT2D eigenvalue weighted by Gasteiger charge is 2.06. The number of benzene rings is 1. The van der Waals surface area contributed by atoms with Gasteiger partial charge in [-0.15, -0.1) is 0 Å². The van der Waals surface area contributed by atoms with Crippen LogP contribution in [0.1, 0.15) is 5.56 Å². The van der Waals surface area contributed by atoms with E-state index in [0.29, 0.717) is 0 Å². The van der Waals surface area contributed by atoms with Crippen molar-refractivity contribution in [3.8, 4) is 5.75 Å². The monoisotopic (exact) mass is 331 g/mol. The molecule has 2 aromatic rings. The number of carbonyl (C=O) groups is 1. The number of allylic oxidation sites excluding steroid dienone is 1. The number of halogens is 1. The van der Waals surface area contributed by atoms with Crippen LogP contribution in [0.4, 0.5) is 0 Å². The van der Waals surface area contributed by atoms with Crippen LogP contribution in [0, 0.1) is 0 Å². The quantitative estimate of drug-likeness (QED) is 0.411. The normalized spacial score (nSPS) is 10.5. The molecular weight excluding hydrogens is 314 g/mol. The van der Waals surface area contributed by atoms with Crippen LogP contribution in [0.25, 0.3) is 6.08 Å². The van der Waals surface area contributed by atoms with Crippen molar-refractivity contribution in [2.24, 2.45) is 5.10 Å². The van der Waals surface area contributed by atoms with Crippen LogP contribution in [-0.2, 0) is 11.3 Å². The Hall–Kier alpha value is -2.66. The molecule has 0 radical (unpaired) electrons. The summed E-state index contributed by atoms with van der Waals surface area (Å²) in [5.41, 5.74) is 3.42. The van der Waals surface area contributed by atoms with Crippen LogP contribution in [0.3, 0.4) is 0 Å². The first-order valence-electron chi connectivity index (χ1n) is 6.85. The van der Waals surface area contributed by atoms with E-state index in [9.17, 15) is 4.79 Å². The lowest BCUT2D eigenvalue weighted by molar-refractivity contribution is -0.684. The summed E-state index contributed by atoms with van der Waals surface area (Å²) < 4.78 is 7.01. The van der Waals surface area contributed by atoms with E-state index < -0.39 is 0 Å². The van der Waals surface area contributed by atoms with Gasteiger partial charge in [-0.25, -0.2) is 5.43 Å². The molecule has 1 heterocycles. The average molecular weight is 332 g/mol. The van der Waals surface area contributed by atoms with Crippen molar-refractivity contribution in [2.75, 3.05) is 7.11 Å². The second-order valence-electron chi connectivity index (χ2n) is 4.46. The van der Waals surface area contributed by atoms with E-state index in [1.165, 1.54) is 6.21 Å². The minimum absolute atomic E-state index is 0. The van der Waals surface area contributed by atoms with Gasteiger partial charge < -0.3 is 17.1 Å². The third-order valence-electron chi connectivity index (χ3n) is 2.87. The largest absolute Gasteiger partial charge is 1.00 e. The molecule has 0 fully saturated rings. The van der Waals surface area contributed by atoms with Crippen molar-refractivity contribution in [1.29, 1.82) is 0 Å². The van der Waals surface area contributed by atoms with Gasteiger partial charge in [-0.3, -0.25) is 4.79 Å². The van der Waals surface area contributed by atoms with Crippen molar-refractivity contribution < 1.29 is 26.5 Å². The van der Waals surface area contributed by atoms with Crippen LogP contribution in [0.2, 0.25) is 0 Å². The molecule has 1 amide bonds. The molecule has 120 valence electrons. The molecule has 6 heteroatoms. The summed E-state index contributed by atoms with van der Waals surface area (Å²) in [4.78, 5) is 11.7. The zero-order valence-corrected chi connectivity index (χ0v) is 13.5. The third-order valence-corrected chi connectivity index (χ3v) is 2.87. The van der Waals surface area contributed by atoms with Crippen molar-refractivity contribution >= 4 is 18.2 Å². The van der Waals surface area contributed by atoms with Gasteiger partial charge in [0.05, 0.1) is 7.11 Å². The summed E-state index contributed by atoms with van der Waals surface area (Å²) in [7, 11) is 1.63. The molecule has 1 N–H and O–H groups in total. The van der Waals surface area contributed by atoms with Crippen molar-refractivity contribution in [2.45, 2.75) is 6.54 Å². The number of pyridine rings is 1. The number of ether oxygens (including phenoxy) is 1. The number of rotatable bonds is 6. The Morgan fingerprint density at radius 1 is 1.22 bits per heavy atom. The Bertz CT molecular complexity index is 673. The van der Waals surface area contributed by atoms with Gasteiger partial charge in [0, 0.05) is 23.9 Å². The summed E-state index contributed by atoms with van der Waals surface area (Å²) in [5, 5.41) is 3.87. The Labute approximate surface area is 141 Å². The molecule has 1 aromatic heterocycles. The fourth-order valence-electron chi connectivity index (χ4n) is 1.84. The number of carbonyl (C=O) groups excluding carboxylic acids is 1. The molecule has 0 atom stereocenters. The van der Waals surface area contributed by atoms with Gasteiger partial charge in [0.1, 0.15) is 5.75 Å². The molecule has 0 saturated heterocycles. The first kappa shape index (κ1) is 18.4. The highest BCUT2D eigenvalue weighted by molar-refractivity contribution is 5.81. The summed E-state index contributed by atoms with van der Waals surface area (Å²) in [5.74, 6) is 0.606. The predicted octanol–water partition coefficient (Wildman–Crippen LogP) is -1.20. The lowest BCUT2D eigenvalue weighted by Gasteiger charge is -2.02. The molecule has 2 rings (SSSR count). The molecule has 0 bridgehead atoms. The molecule has 1 aromatic carbocycles. The van der Waals surface area contributed by atoms with E-state index in [1.807, 2.05) is 60.9 Å². The highest BCUT2D eigenvalue weighted by atomic mass is 35.5. The summed E-state index contributed by atoms with van der Waals surface area (Å²) in [6.45, 7) is 0.231. The molecular formula is C17H18ClN3O2. The summed E-state index contributed by atoms with van der Waals surface area (Å²) in [6.07, 6.45) is 8.78. The fraction of sp³-hybridized carbons (Fsp3) is 0.118. The number of hydrogen-bond donors (Lipinski definition) is 1. The van der Waals surface area contributed by atoms with Crippen LogP contribution in [0.15, 0.2) is 66.0 Å². The lowest BCUT2D eigenvalue weighted by Crippen LogP contribution is -3.00. The first-order chi connectivity index (χ1) is 10.8. The fourth-order valence-corrected chi connectivity index (χ4v) is 1.84. The Kier molecular flexibility index (Phi) is 8.10. The molecule has 0 aliphatic rings. The zero-order valence-electron chi connectivity index (χ0n) is 12.7. The number of hydrazone groups is 1. The van der Waals surface area contributed by atoms with E-state index >= 15 is 0 Å². The molecule has 5 nitrogen and oxygen atoms in total. The van der Waals surface area contributed by atoms with Gasteiger partial charge in [-0.2, -0.15) is 9.67 Å². The third kappa shape index (κ3) is 6.32. The first-order valence-corrected chi connectivity index (χ1v) is 6.85. The van der Waals surface area contributed by atoms with E-state index in [0.717, 1.165) is 11.3 Å². The van der Waals surface area contributed by atoms with Gasteiger partial charge in [0.25, 0.3) is 0 Å². The molecule has 0 saturated carbocycles. The van der Waals surface area contributed by atoms with Crippen LogP contribution >= 0.6 is 0 Å². The van der Waals surface area contributed by atoms with Gasteiger partial charge >= 0.3 is 5.91 Å². The smallest absolute Gasteiger partial charge is 0.305 e. The Morgan fingerprint density at radius 2 is 1.96 bits per heavy atom. The van der Waals surface area contributed by atoms with E-state index in [1.54, 1.807) is 17.8 Å². The highest BCUT2D eigenvalue weighted by Crippen LogP contribution is 2.18. The summed E-state index contributed by atoms with van der Waals surface area (Å²) in [6, 6.07) is 13.3. The SMILES string of the molecule is COc1ccccc1/C=C/C=N/NC(=O)C[n+]1ccccc1.[Cl-]. The molecule has 0 spiro atoms. The standard InChI is InChI=1S/C17H17N3O2.ClH/c1-22-16-10-4-3-8-15(16)9-7-11-18-19-17(21)14-20-12-5-2-6-13-20;/h2-13H,14H2,1H3;1H/b9-7+,18-11+;. The van der Waals surface area contributed by atoms with Gasteiger partial charge in [-0.05, 0) is 18.2 Å². The van der Waals surface area contributed by atoms with Gasteiger partial charge in [0.15, 0.2) is 12.4 Å². The number of nitrogens with one attached hydrogen (secondary N) is 1. The number of methoxy groups -OCH3 is 1. The topological polar surface area (TPSA) is 54.6 Å².